The van der Waals surface area contributed by atoms with E-state index in [1.807, 2.05) is 11.6 Å². The molecule has 0 saturated carbocycles. The van der Waals surface area contributed by atoms with E-state index in [9.17, 15) is 0 Å². The quantitative estimate of drug-likeness (QED) is 0.758. The lowest BCUT2D eigenvalue weighted by molar-refractivity contribution is 0.989. The predicted molar refractivity (Wildman–Crippen MR) is 85.5 cm³/mol. The summed E-state index contributed by atoms with van der Waals surface area (Å²) in [6.45, 7) is 2.92. The summed E-state index contributed by atoms with van der Waals surface area (Å²) in [6, 6.07) is 2.14. The Hall–Kier alpha value is -1.73. The van der Waals surface area contributed by atoms with Gasteiger partial charge in [-0.05, 0) is 12.5 Å². The van der Waals surface area contributed by atoms with Gasteiger partial charge >= 0.3 is 0 Å². The standard InChI is InChI=1S/C13H15N5S2/c1-2-8-7-9-11(17-13(14)18-12(9)20-8)16-4-3-10-15-5-6-19-10/h5-7H,2-4H2,1H3,(H3,14,16,17,18). The molecule has 3 heterocycles. The molecule has 20 heavy (non-hydrogen) atoms. The van der Waals surface area contributed by atoms with Crippen LogP contribution in [0.2, 0.25) is 0 Å². The molecule has 104 valence electrons. The number of nitrogens with two attached hydrogens (primary N) is 1. The monoisotopic (exact) mass is 305 g/mol. The van der Waals surface area contributed by atoms with Gasteiger partial charge in [0.05, 0.1) is 10.4 Å². The molecule has 0 aromatic carbocycles. The predicted octanol–water partition coefficient (Wildman–Crippen LogP) is 2.95. The number of rotatable bonds is 5. The average molecular weight is 305 g/mol. The molecule has 5 nitrogen and oxygen atoms in total. The van der Waals surface area contributed by atoms with Crippen molar-refractivity contribution in [3.8, 4) is 0 Å². The Labute approximate surface area is 124 Å². The van der Waals surface area contributed by atoms with E-state index in [0.29, 0.717) is 5.95 Å². The van der Waals surface area contributed by atoms with Gasteiger partial charge in [-0.25, -0.2) is 9.97 Å². The minimum Gasteiger partial charge on any atom is -0.369 e. The fourth-order valence-electron chi connectivity index (χ4n) is 1.96. The first-order chi connectivity index (χ1) is 9.76. The summed E-state index contributed by atoms with van der Waals surface area (Å²) in [5, 5.41) is 7.51. The van der Waals surface area contributed by atoms with Crippen LogP contribution in [0, 0.1) is 0 Å². The van der Waals surface area contributed by atoms with E-state index in [1.165, 1.54) is 4.88 Å². The van der Waals surface area contributed by atoms with Gasteiger partial charge in [-0.1, -0.05) is 6.92 Å². The molecule has 3 N–H and O–H groups in total. The maximum atomic E-state index is 5.78. The highest BCUT2D eigenvalue weighted by Crippen LogP contribution is 2.29. The first kappa shape index (κ1) is 13.3. The summed E-state index contributed by atoms with van der Waals surface area (Å²) < 4.78 is 0. The van der Waals surface area contributed by atoms with Crippen LogP contribution in [-0.4, -0.2) is 21.5 Å². The number of aromatic nitrogens is 3. The minimum atomic E-state index is 0.318. The molecule has 0 bridgehead atoms. The van der Waals surface area contributed by atoms with Crippen molar-refractivity contribution < 1.29 is 0 Å². The number of thiazole rings is 1. The molecule has 0 amide bonds. The molecule has 0 aliphatic rings. The highest BCUT2D eigenvalue weighted by atomic mass is 32.1. The summed E-state index contributed by atoms with van der Waals surface area (Å²) >= 11 is 3.34. The van der Waals surface area contributed by atoms with Gasteiger partial charge in [-0.2, -0.15) is 4.98 Å². The molecule has 0 unspecified atom stereocenters. The van der Waals surface area contributed by atoms with Crippen molar-refractivity contribution in [1.82, 2.24) is 15.0 Å². The molecule has 0 atom stereocenters. The zero-order valence-electron chi connectivity index (χ0n) is 11.1. The molecule has 0 saturated heterocycles. The minimum absolute atomic E-state index is 0.318. The molecule has 0 aliphatic carbocycles. The van der Waals surface area contributed by atoms with Crippen molar-refractivity contribution in [2.45, 2.75) is 19.8 Å². The fourth-order valence-corrected chi connectivity index (χ4v) is 3.56. The van der Waals surface area contributed by atoms with Crippen LogP contribution in [0.1, 0.15) is 16.8 Å². The number of nitrogens with zero attached hydrogens (tertiary/aromatic N) is 3. The van der Waals surface area contributed by atoms with Crippen LogP contribution >= 0.6 is 22.7 Å². The maximum absolute atomic E-state index is 5.78. The van der Waals surface area contributed by atoms with Gasteiger partial charge in [0.1, 0.15) is 10.6 Å². The second-order valence-electron chi connectivity index (χ2n) is 4.32. The van der Waals surface area contributed by atoms with E-state index in [1.54, 1.807) is 22.7 Å². The third-order valence-corrected chi connectivity index (χ3v) is 4.94. The van der Waals surface area contributed by atoms with Crippen molar-refractivity contribution in [3.05, 3.63) is 27.5 Å². The second-order valence-corrected chi connectivity index (χ2v) is 6.41. The Kier molecular flexibility index (Phi) is 3.79. The van der Waals surface area contributed by atoms with Gasteiger partial charge in [0.25, 0.3) is 0 Å². The molecule has 7 heteroatoms. The van der Waals surface area contributed by atoms with Crippen LogP contribution in [0.3, 0.4) is 0 Å². The Morgan fingerprint density at radius 2 is 2.25 bits per heavy atom. The number of thiophene rings is 1. The zero-order chi connectivity index (χ0) is 13.9. The van der Waals surface area contributed by atoms with Crippen molar-refractivity contribution in [2.75, 3.05) is 17.6 Å². The van der Waals surface area contributed by atoms with E-state index in [-0.39, 0.29) is 0 Å². The van der Waals surface area contributed by atoms with E-state index in [0.717, 1.165) is 40.4 Å². The Balaban J connectivity index is 1.80. The highest BCUT2D eigenvalue weighted by molar-refractivity contribution is 7.18. The molecule has 0 aliphatic heterocycles. The largest absolute Gasteiger partial charge is 0.369 e. The van der Waals surface area contributed by atoms with Gasteiger partial charge in [-0.3, -0.25) is 0 Å². The molecule has 0 fully saturated rings. The number of fused-ring (bicyclic) bond motifs is 1. The van der Waals surface area contributed by atoms with E-state index < -0.39 is 0 Å². The van der Waals surface area contributed by atoms with Crippen molar-refractivity contribution in [2.24, 2.45) is 0 Å². The lowest BCUT2D eigenvalue weighted by Crippen LogP contribution is -2.08. The van der Waals surface area contributed by atoms with Crippen molar-refractivity contribution in [3.63, 3.8) is 0 Å². The summed E-state index contributed by atoms with van der Waals surface area (Å²) in [7, 11) is 0. The number of nitrogen functional groups attached to an aromatic ring is 1. The van der Waals surface area contributed by atoms with E-state index in [4.69, 9.17) is 5.73 Å². The molecule has 3 rings (SSSR count). The lowest BCUT2D eigenvalue weighted by Gasteiger charge is -2.06. The summed E-state index contributed by atoms with van der Waals surface area (Å²) in [4.78, 5) is 15.1. The third-order valence-electron chi connectivity index (χ3n) is 2.92. The lowest BCUT2D eigenvalue weighted by atomic mass is 10.3. The van der Waals surface area contributed by atoms with Crippen LogP contribution in [0.5, 0.6) is 0 Å². The fraction of sp³-hybridized carbons (Fsp3) is 0.308. The number of nitrogens with one attached hydrogen (secondary N) is 1. The van der Waals surface area contributed by atoms with Crippen LogP contribution in [-0.2, 0) is 12.8 Å². The van der Waals surface area contributed by atoms with Gasteiger partial charge in [-0.15, -0.1) is 22.7 Å². The number of hydrogen-bond donors (Lipinski definition) is 2. The molecule has 0 spiro atoms. The van der Waals surface area contributed by atoms with Crippen LogP contribution in [0.15, 0.2) is 17.6 Å². The summed E-state index contributed by atoms with van der Waals surface area (Å²) in [5.41, 5.74) is 5.78. The van der Waals surface area contributed by atoms with Gasteiger partial charge < -0.3 is 11.1 Å². The van der Waals surface area contributed by atoms with Crippen LogP contribution in [0.4, 0.5) is 11.8 Å². The van der Waals surface area contributed by atoms with Gasteiger partial charge in [0.2, 0.25) is 5.95 Å². The molecule has 3 aromatic heterocycles. The first-order valence-corrected chi connectivity index (χ1v) is 8.14. The van der Waals surface area contributed by atoms with Crippen molar-refractivity contribution >= 4 is 44.7 Å². The smallest absolute Gasteiger partial charge is 0.223 e. The van der Waals surface area contributed by atoms with Gasteiger partial charge in [0, 0.05) is 29.4 Å². The Morgan fingerprint density at radius 1 is 1.35 bits per heavy atom. The maximum Gasteiger partial charge on any atom is 0.223 e. The molecule has 0 radical (unpaired) electrons. The normalized spacial score (nSPS) is 11.1. The molecular formula is C13H15N5S2. The Bertz CT molecular complexity index is 705. The second kappa shape index (κ2) is 5.72. The first-order valence-electron chi connectivity index (χ1n) is 6.44. The average Bonchev–Trinajstić information content (AvgIpc) is 3.06. The zero-order valence-corrected chi connectivity index (χ0v) is 12.7. The number of aryl methyl sites for hydroxylation is 1. The summed E-state index contributed by atoms with van der Waals surface area (Å²) in [5.74, 6) is 1.14. The molecular weight excluding hydrogens is 290 g/mol. The van der Waals surface area contributed by atoms with E-state index >= 15 is 0 Å². The number of anilines is 2. The number of hydrogen-bond acceptors (Lipinski definition) is 7. The molecule has 3 aromatic rings. The topological polar surface area (TPSA) is 76.7 Å². The van der Waals surface area contributed by atoms with Crippen LogP contribution < -0.4 is 11.1 Å². The van der Waals surface area contributed by atoms with Gasteiger partial charge in [0.15, 0.2) is 0 Å². The van der Waals surface area contributed by atoms with Crippen LogP contribution in [0.25, 0.3) is 10.2 Å². The SMILES string of the molecule is CCc1cc2c(NCCc3nccs3)nc(N)nc2s1. The summed E-state index contributed by atoms with van der Waals surface area (Å²) in [6.07, 6.45) is 3.71. The van der Waals surface area contributed by atoms with E-state index in [2.05, 4.69) is 33.3 Å². The third kappa shape index (κ3) is 2.73. The van der Waals surface area contributed by atoms with Crippen molar-refractivity contribution in [1.29, 1.82) is 0 Å². The highest BCUT2D eigenvalue weighted by Gasteiger charge is 2.10. The Morgan fingerprint density at radius 3 is 3.00 bits per heavy atom.